The lowest BCUT2D eigenvalue weighted by atomic mass is 10.1. The molecular weight excluding hydrogens is 420 g/mol. The van der Waals surface area contributed by atoms with Crippen LogP contribution in [0.4, 0.5) is 5.69 Å². The van der Waals surface area contributed by atoms with Gasteiger partial charge in [0.25, 0.3) is 15.9 Å². The molecule has 3 rings (SSSR count). The van der Waals surface area contributed by atoms with Crippen LogP contribution in [0.5, 0.6) is 0 Å². The van der Waals surface area contributed by atoms with Crippen LogP contribution in [0, 0.1) is 13.8 Å². The van der Waals surface area contributed by atoms with Crippen molar-refractivity contribution in [2.45, 2.75) is 31.7 Å². The molecule has 0 saturated heterocycles. The van der Waals surface area contributed by atoms with E-state index in [1.165, 1.54) is 24.3 Å². The predicted octanol–water partition coefficient (Wildman–Crippen LogP) is 5.25. The highest BCUT2D eigenvalue weighted by atomic mass is 35.5. The van der Waals surface area contributed by atoms with E-state index in [1.807, 2.05) is 38.1 Å². The first-order chi connectivity index (χ1) is 14.2. The number of amides is 1. The second kappa shape index (κ2) is 8.90. The van der Waals surface area contributed by atoms with Gasteiger partial charge in [0, 0.05) is 10.6 Å². The standard InChI is InChI=1S/C23H23ClN2O3S/c1-15-4-6-18(7-5-15)17(3)25-23(27)19-8-13-22(16(2)14-19)26-30(28,29)21-11-9-20(24)10-12-21/h4-14,17,26H,1-3H3,(H,25,27)/t17-/m1/s1. The Hall–Kier alpha value is -2.83. The molecule has 2 N–H and O–H groups in total. The van der Waals surface area contributed by atoms with Crippen molar-refractivity contribution in [3.63, 3.8) is 0 Å². The summed E-state index contributed by atoms with van der Waals surface area (Å²) >= 11 is 5.82. The van der Waals surface area contributed by atoms with E-state index in [9.17, 15) is 13.2 Å². The molecule has 1 atom stereocenters. The fourth-order valence-corrected chi connectivity index (χ4v) is 4.21. The summed E-state index contributed by atoms with van der Waals surface area (Å²) in [6, 6.07) is 18.6. The molecule has 0 fully saturated rings. The Morgan fingerprint density at radius 2 is 1.57 bits per heavy atom. The molecule has 0 aliphatic rings. The smallest absolute Gasteiger partial charge is 0.261 e. The zero-order valence-corrected chi connectivity index (χ0v) is 18.5. The number of rotatable bonds is 6. The van der Waals surface area contributed by atoms with Gasteiger partial charge in [0.05, 0.1) is 16.6 Å². The molecule has 1 amide bonds. The summed E-state index contributed by atoms with van der Waals surface area (Å²) in [5.74, 6) is -0.224. The highest BCUT2D eigenvalue weighted by molar-refractivity contribution is 7.92. The third-order valence-corrected chi connectivity index (χ3v) is 6.42. The van der Waals surface area contributed by atoms with Crippen LogP contribution in [0.15, 0.2) is 71.6 Å². The van der Waals surface area contributed by atoms with Gasteiger partial charge >= 0.3 is 0 Å². The van der Waals surface area contributed by atoms with Crippen LogP contribution in [0.25, 0.3) is 0 Å². The van der Waals surface area contributed by atoms with Crippen molar-refractivity contribution in [1.82, 2.24) is 5.32 Å². The van der Waals surface area contributed by atoms with Gasteiger partial charge in [-0.1, -0.05) is 41.4 Å². The molecule has 5 nitrogen and oxygen atoms in total. The van der Waals surface area contributed by atoms with Crippen molar-refractivity contribution in [2.75, 3.05) is 4.72 Å². The van der Waals surface area contributed by atoms with Crippen molar-refractivity contribution in [1.29, 1.82) is 0 Å². The van der Waals surface area contributed by atoms with Crippen molar-refractivity contribution in [3.05, 3.63) is 94.0 Å². The van der Waals surface area contributed by atoms with Crippen LogP contribution in [-0.4, -0.2) is 14.3 Å². The van der Waals surface area contributed by atoms with Gasteiger partial charge in [-0.25, -0.2) is 8.42 Å². The second-order valence-corrected chi connectivity index (χ2v) is 9.31. The summed E-state index contributed by atoms with van der Waals surface area (Å²) in [5, 5.41) is 3.43. The molecule has 30 heavy (non-hydrogen) atoms. The van der Waals surface area contributed by atoms with Crippen LogP contribution in [-0.2, 0) is 10.0 Å². The molecule has 0 aliphatic carbocycles. The minimum atomic E-state index is -3.75. The topological polar surface area (TPSA) is 75.3 Å². The fourth-order valence-electron chi connectivity index (χ4n) is 2.96. The van der Waals surface area contributed by atoms with Crippen LogP contribution in [0.1, 0.15) is 40.0 Å². The van der Waals surface area contributed by atoms with E-state index in [0.717, 1.165) is 11.1 Å². The van der Waals surface area contributed by atoms with E-state index in [-0.39, 0.29) is 16.8 Å². The maximum absolute atomic E-state index is 12.6. The Bertz CT molecular complexity index is 1160. The van der Waals surface area contributed by atoms with Crippen LogP contribution >= 0.6 is 11.6 Å². The molecule has 0 bridgehead atoms. The largest absolute Gasteiger partial charge is 0.346 e. The number of benzene rings is 3. The highest BCUT2D eigenvalue weighted by Crippen LogP contribution is 2.22. The monoisotopic (exact) mass is 442 g/mol. The third kappa shape index (κ3) is 5.20. The number of hydrogen-bond acceptors (Lipinski definition) is 3. The molecule has 156 valence electrons. The summed E-state index contributed by atoms with van der Waals surface area (Å²) < 4.78 is 27.7. The quantitative estimate of drug-likeness (QED) is 0.547. The van der Waals surface area contributed by atoms with Crippen LogP contribution in [0.2, 0.25) is 5.02 Å². The Morgan fingerprint density at radius 1 is 0.933 bits per heavy atom. The van der Waals surface area contributed by atoms with Crippen molar-refractivity contribution in [3.8, 4) is 0 Å². The summed E-state index contributed by atoms with van der Waals surface area (Å²) in [5.41, 5.74) is 3.68. The number of hydrogen-bond donors (Lipinski definition) is 2. The third-order valence-electron chi connectivity index (χ3n) is 4.78. The van der Waals surface area contributed by atoms with E-state index in [4.69, 9.17) is 11.6 Å². The molecule has 3 aromatic rings. The molecule has 0 aliphatic heterocycles. The summed E-state index contributed by atoms with van der Waals surface area (Å²) in [6.07, 6.45) is 0. The number of aryl methyl sites for hydroxylation is 2. The number of sulfonamides is 1. The molecular formula is C23H23ClN2O3S. The second-order valence-electron chi connectivity index (χ2n) is 7.19. The van der Waals surface area contributed by atoms with Gasteiger partial charge in [-0.3, -0.25) is 9.52 Å². The Kier molecular flexibility index (Phi) is 6.48. The fraction of sp³-hybridized carbons (Fsp3) is 0.174. The van der Waals surface area contributed by atoms with Crippen molar-refractivity contribution >= 4 is 33.2 Å². The number of nitrogens with one attached hydrogen (secondary N) is 2. The first-order valence-electron chi connectivity index (χ1n) is 9.42. The predicted molar refractivity (Wildman–Crippen MR) is 120 cm³/mol. The van der Waals surface area contributed by atoms with Crippen LogP contribution < -0.4 is 10.0 Å². The van der Waals surface area contributed by atoms with E-state index in [2.05, 4.69) is 10.0 Å². The molecule has 0 aromatic heterocycles. The Morgan fingerprint density at radius 3 is 2.17 bits per heavy atom. The van der Waals surface area contributed by atoms with Gasteiger partial charge in [0.1, 0.15) is 0 Å². The normalized spacial score (nSPS) is 12.3. The van der Waals surface area contributed by atoms with Gasteiger partial charge in [-0.15, -0.1) is 0 Å². The first-order valence-corrected chi connectivity index (χ1v) is 11.3. The van der Waals surface area contributed by atoms with Crippen molar-refractivity contribution < 1.29 is 13.2 Å². The average molecular weight is 443 g/mol. The van der Waals surface area contributed by atoms with E-state index in [0.29, 0.717) is 21.8 Å². The van der Waals surface area contributed by atoms with Gasteiger partial charge in [0.2, 0.25) is 0 Å². The number of halogens is 1. The summed E-state index contributed by atoms with van der Waals surface area (Å²) in [4.78, 5) is 12.7. The molecule has 0 unspecified atom stereocenters. The zero-order valence-electron chi connectivity index (χ0n) is 16.9. The minimum absolute atomic E-state index is 0.111. The SMILES string of the molecule is Cc1ccc([C@@H](C)NC(=O)c2ccc(NS(=O)(=O)c3ccc(Cl)cc3)c(C)c2)cc1. The van der Waals surface area contributed by atoms with Gasteiger partial charge < -0.3 is 5.32 Å². The lowest BCUT2D eigenvalue weighted by Crippen LogP contribution is -2.26. The molecule has 0 saturated carbocycles. The minimum Gasteiger partial charge on any atom is -0.346 e. The van der Waals surface area contributed by atoms with Crippen molar-refractivity contribution in [2.24, 2.45) is 0 Å². The van der Waals surface area contributed by atoms with Gasteiger partial charge in [0.15, 0.2) is 0 Å². The maximum atomic E-state index is 12.6. The molecule has 0 spiro atoms. The zero-order chi connectivity index (χ0) is 21.9. The Balaban J connectivity index is 1.73. The van der Waals surface area contributed by atoms with E-state index in [1.54, 1.807) is 25.1 Å². The first kappa shape index (κ1) is 21.9. The highest BCUT2D eigenvalue weighted by Gasteiger charge is 2.17. The molecule has 7 heteroatoms. The number of anilines is 1. The number of carbonyl (C=O) groups is 1. The summed E-state index contributed by atoms with van der Waals surface area (Å²) in [7, 11) is -3.75. The summed E-state index contributed by atoms with van der Waals surface area (Å²) in [6.45, 7) is 5.68. The van der Waals surface area contributed by atoms with E-state index >= 15 is 0 Å². The maximum Gasteiger partial charge on any atom is 0.261 e. The lowest BCUT2D eigenvalue weighted by molar-refractivity contribution is 0.0940. The van der Waals surface area contributed by atoms with Gasteiger partial charge in [-0.2, -0.15) is 0 Å². The Labute approximate surface area is 182 Å². The van der Waals surface area contributed by atoms with E-state index < -0.39 is 10.0 Å². The van der Waals surface area contributed by atoms with Gasteiger partial charge in [-0.05, 0) is 74.4 Å². The molecule has 0 radical (unpaired) electrons. The molecule has 0 heterocycles. The molecule has 3 aromatic carbocycles. The lowest BCUT2D eigenvalue weighted by Gasteiger charge is -2.16. The number of carbonyl (C=O) groups excluding carboxylic acids is 1. The van der Waals surface area contributed by atoms with Crippen LogP contribution in [0.3, 0.4) is 0 Å². The average Bonchev–Trinajstić information content (AvgIpc) is 2.70.